The average molecular weight is 314 g/mol. The summed E-state index contributed by atoms with van der Waals surface area (Å²) in [5.74, 6) is 1.64. The molecular weight excluding hydrogens is 284 g/mol. The molecule has 1 aliphatic rings. The molecule has 1 heterocycles. The molecule has 0 unspecified atom stereocenters. The van der Waals surface area contributed by atoms with E-state index in [1.165, 1.54) is 0 Å². The van der Waals surface area contributed by atoms with Crippen molar-refractivity contribution < 1.29 is 9.59 Å². The highest BCUT2D eigenvalue weighted by atomic mass is 32.2. The Labute approximate surface area is 133 Å². The predicted octanol–water partition coefficient (Wildman–Crippen LogP) is 2.53. The van der Waals surface area contributed by atoms with Gasteiger partial charge in [0.1, 0.15) is 0 Å². The largest absolute Gasteiger partial charge is 0.356 e. The number of rotatable bonds is 7. The highest BCUT2D eigenvalue weighted by Gasteiger charge is 2.27. The zero-order valence-electron chi connectivity index (χ0n) is 13.9. The summed E-state index contributed by atoms with van der Waals surface area (Å²) in [6, 6.07) is 0. The Balaban J connectivity index is 2.25. The lowest BCUT2D eigenvalue weighted by molar-refractivity contribution is -0.133. The van der Waals surface area contributed by atoms with E-state index in [1.807, 2.05) is 4.90 Å². The lowest BCUT2D eigenvalue weighted by Gasteiger charge is -2.31. The molecule has 1 aliphatic heterocycles. The molecule has 0 bridgehead atoms. The summed E-state index contributed by atoms with van der Waals surface area (Å²) in [6.07, 6.45) is 2.62. The minimum atomic E-state index is 0.0824. The van der Waals surface area contributed by atoms with Gasteiger partial charge in [0.05, 0.1) is 5.75 Å². The molecule has 0 aromatic heterocycles. The van der Waals surface area contributed by atoms with Crippen molar-refractivity contribution in [2.24, 2.45) is 11.8 Å². The first kappa shape index (κ1) is 18.3. The van der Waals surface area contributed by atoms with Crippen LogP contribution < -0.4 is 5.32 Å². The van der Waals surface area contributed by atoms with E-state index in [2.05, 4.69) is 33.0 Å². The summed E-state index contributed by atoms with van der Waals surface area (Å²) in [4.78, 5) is 26.0. The molecule has 1 saturated heterocycles. The standard InChI is InChI=1S/C16H30N2O2S/c1-12(2)5-8-17-16(20)14-6-9-18(10-7-14)15(19)11-21-13(3)4/h12-14H,5-11H2,1-4H3,(H,17,20). The fourth-order valence-electron chi connectivity index (χ4n) is 2.35. The zero-order chi connectivity index (χ0) is 15.8. The van der Waals surface area contributed by atoms with Crippen molar-refractivity contribution in [3.05, 3.63) is 0 Å². The van der Waals surface area contributed by atoms with E-state index in [-0.39, 0.29) is 17.7 Å². The Kier molecular flexibility index (Phi) is 8.15. The van der Waals surface area contributed by atoms with Gasteiger partial charge in [-0.3, -0.25) is 9.59 Å². The van der Waals surface area contributed by atoms with Crippen molar-refractivity contribution in [1.82, 2.24) is 10.2 Å². The van der Waals surface area contributed by atoms with Crippen LogP contribution in [0.3, 0.4) is 0 Å². The van der Waals surface area contributed by atoms with Crippen molar-refractivity contribution in [2.75, 3.05) is 25.4 Å². The first-order chi connectivity index (χ1) is 9.90. The summed E-state index contributed by atoms with van der Waals surface area (Å²) < 4.78 is 0. The van der Waals surface area contributed by atoms with Crippen LogP contribution in [-0.4, -0.2) is 47.4 Å². The predicted molar refractivity (Wildman–Crippen MR) is 89.4 cm³/mol. The smallest absolute Gasteiger partial charge is 0.232 e. The molecule has 122 valence electrons. The van der Waals surface area contributed by atoms with Gasteiger partial charge in [-0.1, -0.05) is 27.7 Å². The van der Waals surface area contributed by atoms with Gasteiger partial charge < -0.3 is 10.2 Å². The molecular formula is C16H30N2O2S. The second-order valence-electron chi connectivity index (χ2n) is 6.49. The Hall–Kier alpha value is -0.710. The van der Waals surface area contributed by atoms with Crippen LogP contribution in [0.25, 0.3) is 0 Å². The summed E-state index contributed by atoms with van der Waals surface area (Å²) in [7, 11) is 0. The number of hydrogen-bond acceptors (Lipinski definition) is 3. The highest BCUT2D eigenvalue weighted by molar-refractivity contribution is 8.00. The van der Waals surface area contributed by atoms with Crippen LogP contribution in [-0.2, 0) is 9.59 Å². The Morgan fingerprint density at radius 3 is 2.33 bits per heavy atom. The van der Waals surface area contributed by atoms with E-state index in [0.29, 0.717) is 16.9 Å². The molecule has 0 radical (unpaired) electrons. The number of piperidine rings is 1. The van der Waals surface area contributed by atoms with Crippen molar-refractivity contribution in [3.63, 3.8) is 0 Å². The van der Waals surface area contributed by atoms with Gasteiger partial charge in [-0.25, -0.2) is 0 Å². The van der Waals surface area contributed by atoms with Crippen LogP contribution in [0.4, 0.5) is 0 Å². The van der Waals surface area contributed by atoms with Crippen LogP contribution in [0.2, 0.25) is 0 Å². The van der Waals surface area contributed by atoms with Gasteiger partial charge in [0.2, 0.25) is 11.8 Å². The van der Waals surface area contributed by atoms with Gasteiger partial charge in [0.15, 0.2) is 0 Å². The molecule has 1 fully saturated rings. The van der Waals surface area contributed by atoms with Gasteiger partial charge in [-0.2, -0.15) is 0 Å². The molecule has 4 nitrogen and oxygen atoms in total. The van der Waals surface area contributed by atoms with E-state index < -0.39 is 0 Å². The van der Waals surface area contributed by atoms with Gasteiger partial charge in [-0.05, 0) is 30.4 Å². The van der Waals surface area contributed by atoms with Gasteiger partial charge in [0.25, 0.3) is 0 Å². The Bertz CT molecular complexity index is 337. The van der Waals surface area contributed by atoms with Crippen LogP contribution in [0.1, 0.15) is 47.0 Å². The van der Waals surface area contributed by atoms with Crippen molar-refractivity contribution in [2.45, 2.75) is 52.2 Å². The van der Waals surface area contributed by atoms with Gasteiger partial charge in [0, 0.05) is 25.6 Å². The van der Waals surface area contributed by atoms with Gasteiger partial charge in [-0.15, -0.1) is 11.8 Å². The van der Waals surface area contributed by atoms with E-state index in [1.54, 1.807) is 11.8 Å². The maximum atomic E-state index is 12.1. The Morgan fingerprint density at radius 2 is 1.81 bits per heavy atom. The number of hydrogen-bond donors (Lipinski definition) is 1. The second kappa shape index (κ2) is 9.34. The van der Waals surface area contributed by atoms with Crippen LogP contribution >= 0.6 is 11.8 Å². The van der Waals surface area contributed by atoms with Crippen molar-refractivity contribution >= 4 is 23.6 Å². The second-order valence-corrected chi connectivity index (χ2v) is 8.05. The third kappa shape index (κ3) is 7.21. The molecule has 0 saturated carbocycles. The van der Waals surface area contributed by atoms with Crippen molar-refractivity contribution in [3.8, 4) is 0 Å². The van der Waals surface area contributed by atoms with Crippen molar-refractivity contribution in [1.29, 1.82) is 0 Å². The highest BCUT2D eigenvalue weighted by Crippen LogP contribution is 2.19. The number of carbonyl (C=O) groups is 2. The third-order valence-electron chi connectivity index (χ3n) is 3.78. The minimum absolute atomic E-state index is 0.0824. The van der Waals surface area contributed by atoms with E-state index in [4.69, 9.17) is 0 Å². The van der Waals surface area contributed by atoms with Crippen LogP contribution in [0, 0.1) is 11.8 Å². The number of amides is 2. The zero-order valence-corrected chi connectivity index (χ0v) is 14.7. The average Bonchev–Trinajstić information content (AvgIpc) is 2.44. The summed E-state index contributed by atoms with van der Waals surface area (Å²) in [5, 5.41) is 3.51. The maximum Gasteiger partial charge on any atom is 0.232 e. The minimum Gasteiger partial charge on any atom is -0.356 e. The van der Waals surface area contributed by atoms with Crippen LogP contribution in [0.5, 0.6) is 0 Å². The fraction of sp³-hybridized carbons (Fsp3) is 0.875. The quantitative estimate of drug-likeness (QED) is 0.785. The van der Waals surface area contributed by atoms with E-state index in [9.17, 15) is 9.59 Å². The lowest BCUT2D eigenvalue weighted by Crippen LogP contribution is -2.44. The van der Waals surface area contributed by atoms with Crippen LogP contribution in [0.15, 0.2) is 0 Å². The number of likely N-dealkylation sites (tertiary alicyclic amines) is 1. The Morgan fingerprint density at radius 1 is 1.19 bits per heavy atom. The topological polar surface area (TPSA) is 49.4 Å². The molecule has 1 N–H and O–H groups in total. The lowest BCUT2D eigenvalue weighted by atomic mass is 9.96. The molecule has 1 rings (SSSR count). The molecule has 2 amide bonds. The normalized spacial score (nSPS) is 16.6. The molecule has 0 aliphatic carbocycles. The summed E-state index contributed by atoms with van der Waals surface area (Å²) in [6.45, 7) is 10.7. The molecule has 0 aromatic rings. The van der Waals surface area contributed by atoms with Gasteiger partial charge >= 0.3 is 0 Å². The number of nitrogens with one attached hydrogen (secondary N) is 1. The number of nitrogens with zero attached hydrogens (tertiary/aromatic N) is 1. The summed E-state index contributed by atoms with van der Waals surface area (Å²) >= 11 is 1.68. The number of carbonyl (C=O) groups excluding carboxylic acids is 2. The SMILES string of the molecule is CC(C)CCNC(=O)C1CCN(C(=O)CSC(C)C)CC1. The number of thioether (sulfide) groups is 1. The first-order valence-corrected chi connectivity index (χ1v) is 9.12. The van der Waals surface area contributed by atoms with E-state index in [0.717, 1.165) is 38.9 Å². The third-order valence-corrected chi connectivity index (χ3v) is 4.86. The maximum absolute atomic E-state index is 12.1. The monoisotopic (exact) mass is 314 g/mol. The molecule has 0 aromatic carbocycles. The molecule has 0 spiro atoms. The molecule has 21 heavy (non-hydrogen) atoms. The fourth-order valence-corrected chi connectivity index (χ4v) is 3.01. The molecule has 0 atom stereocenters. The van der Waals surface area contributed by atoms with E-state index >= 15 is 0 Å². The summed E-state index contributed by atoms with van der Waals surface area (Å²) in [5.41, 5.74) is 0. The molecule has 5 heteroatoms. The first-order valence-electron chi connectivity index (χ1n) is 8.07.